The Morgan fingerprint density at radius 1 is 1.31 bits per heavy atom. The van der Waals surface area contributed by atoms with E-state index in [0.29, 0.717) is 6.54 Å². The van der Waals surface area contributed by atoms with E-state index >= 15 is 0 Å². The van der Waals surface area contributed by atoms with Gasteiger partial charge < -0.3 is 5.32 Å². The van der Waals surface area contributed by atoms with Crippen molar-refractivity contribution in [2.75, 3.05) is 0 Å². The molecule has 26 heavy (non-hydrogen) atoms. The largest absolute Gasteiger partial charge is 0.346 e. The van der Waals surface area contributed by atoms with Gasteiger partial charge in [-0.25, -0.2) is 4.98 Å². The lowest BCUT2D eigenvalue weighted by molar-refractivity contribution is 0.0954. The minimum absolute atomic E-state index is 0.0201. The van der Waals surface area contributed by atoms with Crippen LogP contribution in [0.1, 0.15) is 45.6 Å². The molecule has 3 nitrogen and oxygen atoms in total. The number of hydrogen-bond donors (Lipinski definition) is 1. The second-order valence-corrected chi connectivity index (χ2v) is 8.76. The highest BCUT2D eigenvalue weighted by atomic mass is 32.1. The first-order chi connectivity index (χ1) is 12.7. The van der Waals surface area contributed by atoms with Crippen LogP contribution in [0.3, 0.4) is 0 Å². The first-order valence-electron chi connectivity index (χ1n) is 9.12. The summed E-state index contributed by atoms with van der Waals surface area (Å²) in [7, 11) is 0. The highest BCUT2D eigenvalue weighted by Crippen LogP contribution is 2.33. The van der Waals surface area contributed by atoms with Gasteiger partial charge in [0.25, 0.3) is 5.91 Å². The number of rotatable bonds is 5. The fourth-order valence-electron chi connectivity index (χ4n) is 3.42. The molecule has 1 aromatic carbocycles. The predicted octanol–water partition coefficient (Wildman–Crippen LogP) is 5.32. The lowest BCUT2D eigenvalue weighted by Gasteiger charge is -2.19. The summed E-state index contributed by atoms with van der Waals surface area (Å²) in [5, 5.41) is 6.04. The lowest BCUT2D eigenvalue weighted by Crippen LogP contribution is -2.21. The molecule has 0 fully saturated rings. The Kier molecular flexibility index (Phi) is 5.18. The van der Waals surface area contributed by atoms with E-state index in [4.69, 9.17) is 0 Å². The lowest BCUT2D eigenvalue weighted by atomic mass is 9.87. The van der Waals surface area contributed by atoms with E-state index in [0.717, 1.165) is 39.9 Å². The molecule has 1 amide bonds. The van der Waals surface area contributed by atoms with E-state index in [1.54, 1.807) is 22.7 Å². The van der Waals surface area contributed by atoms with Gasteiger partial charge in [-0.05, 0) is 36.8 Å². The Morgan fingerprint density at radius 2 is 2.15 bits per heavy atom. The van der Waals surface area contributed by atoms with Crippen molar-refractivity contribution < 1.29 is 4.79 Å². The fourth-order valence-corrected chi connectivity index (χ4v) is 5.37. The molecule has 2 heterocycles. The number of nitrogens with one attached hydrogen (secondary N) is 1. The monoisotopic (exact) mass is 382 g/mol. The Bertz CT molecular complexity index is 898. The van der Waals surface area contributed by atoms with E-state index in [2.05, 4.69) is 35.4 Å². The summed E-state index contributed by atoms with van der Waals surface area (Å²) in [6, 6.07) is 12.2. The van der Waals surface area contributed by atoms with Crippen molar-refractivity contribution in [3.05, 3.63) is 62.8 Å². The summed E-state index contributed by atoms with van der Waals surface area (Å²) in [6.45, 7) is 2.73. The number of amides is 1. The van der Waals surface area contributed by atoms with E-state index < -0.39 is 0 Å². The summed E-state index contributed by atoms with van der Waals surface area (Å²) in [4.78, 5) is 19.4. The van der Waals surface area contributed by atoms with Crippen molar-refractivity contribution in [3.63, 3.8) is 0 Å². The number of thiazole rings is 1. The first kappa shape index (κ1) is 17.4. The molecule has 134 valence electrons. The molecular formula is C21H22N2OS2. The highest BCUT2D eigenvalue weighted by Gasteiger charge is 2.22. The van der Waals surface area contributed by atoms with Gasteiger partial charge in [0, 0.05) is 15.8 Å². The Balaban J connectivity index is 1.39. The van der Waals surface area contributed by atoms with Crippen LogP contribution < -0.4 is 5.32 Å². The van der Waals surface area contributed by atoms with Crippen LogP contribution in [-0.4, -0.2) is 10.9 Å². The van der Waals surface area contributed by atoms with E-state index in [1.165, 1.54) is 23.3 Å². The van der Waals surface area contributed by atoms with Crippen molar-refractivity contribution in [1.82, 2.24) is 10.3 Å². The molecule has 0 saturated carbocycles. The normalized spacial score (nSPS) is 16.3. The Hall–Kier alpha value is -1.98. The number of nitrogens with zero attached hydrogens (tertiary/aromatic N) is 1. The number of fused-ring (bicyclic) bond motifs is 1. The zero-order valence-electron chi connectivity index (χ0n) is 14.8. The second-order valence-electron chi connectivity index (χ2n) is 6.77. The SMILES string of the molecule is CCC1CCc2sc(C(=O)NCc3csc(-c4ccccc4)n3)cc2C1. The Labute approximate surface area is 162 Å². The quantitative estimate of drug-likeness (QED) is 0.649. The topological polar surface area (TPSA) is 42.0 Å². The number of aryl methyl sites for hydroxylation is 1. The van der Waals surface area contributed by atoms with Crippen LogP contribution >= 0.6 is 22.7 Å². The van der Waals surface area contributed by atoms with E-state index in [-0.39, 0.29) is 5.91 Å². The molecular weight excluding hydrogens is 360 g/mol. The average molecular weight is 383 g/mol. The van der Waals surface area contributed by atoms with Crippen molar-refractivity contribution in [3.8, 4) is 10.6 Å². The van der Waals surface area contributed by atoms with Gasteiger partial charge >= 0.3 is 0 Å². The van der Waals surface area contributed by atoms with E-state index in [1.807, 2.05) is 23.6 Å². The molecule has 0 saturated heterocycles. The number of thiophene rings is 1. The number of carbonyl (C=O) groups excluding carboxylic acids is 1. The number of carbonyl (C=O) groups is 1. The number of benzene rings is 1. The van der Waals surface area contributed by atoms with Gasteiger partial charge in [0.05, 0.1) is 17.1 Å². The van der Waals surface area contributed by atoms with Crippen molar-refractivity contribution >= 4 is 28.6 Å². The van der Waals surface area contributed by atoms with Gasteiger partial charge in [-0.1, -0.05) is 43.7 Å². The Morgan fingerprint density at radius 3 is 2.96 bits per heavy atom. The van der Waals surface area contributed by atoms with Gasteiger partial charge in [-0.15, -0.1) is 22.7 Å². The summed E-state index contributed by atoms with van der Waals surface area (Å²) in [6.07, 6.45) is 4.73. The van der Waals surface area contributed by atoms with Crippen LogP contribution in [0.15, 0.2) is 41.8 Å². The molecule has 1 atom stereocenters. The maximum absolute atomic E-state index is 12.5. The molecule has 2 aromatic heterocycles. The van der Waals surface area contributed by atoms with Crippen LogP contribution in [0.4, 0.5) is 0 Å². The minimum atomic E-state index is 0.0201. The molecule has 5 heteroatoms. The smallest absolute Gasteiger partial charge is 0.261 e. The third kappa shape index (κ3) is 3.74. The van der Waals surface area contributed by atoms with Crippen molar-refractivity contribution in [1.29, 1.82) is 0 Å². The molecule has 1 unspecified atom stereocenters. The van der Waals surface area contributed by atoms with Crippen molar-refractivity contribution in [2.45, 2.75) is 39.2 Å². The number of hydrogen-bond acceptors (Lipinski definition) is 4. The predicted molar refractivity (Wildman–Crippen MR) is 109 cm³/mol. The molecule has 0 bridgehead atoms. The summed E-state index contributed by atoms with van der Waals surface area (Å²) in [5.41, 5.74) is 3.42. The van der Waals surface area contributed by atoms with Crippen molar-refractivity contribution in [2.24, 2.45) is 5.92 Å². The minimum Gasteiger partial charge on any atom is -0.346 e. The van der Waals surface area contributed by atoms with E-state index in [9.17, 15) is 4.79 Å². The van der Waals surface area contributed by atoms with Crippen LogP contribution in [0, 0.1) is 5.92 Å². The van der Waals surface area contributed by atoms with Gasteiger partial charge in [0.2, 0.25) is 0 Å². The van der Waals surface area contributed by atoms with Crippen LogP contribution in [0.25, 0.3) is 10.6 Å². The summed E-state index contributed by atoms with van der Waals surface area (Å²) < 4.78 is 0. The molecule has 1 N–H and O–H groups in total. The van der Waals surface area contributed by atoms with Crippen LogP contribution in [0.2, 0.25) is 0 Å². The standard InChI is InChI=1S/C21H22N2OS2/c1-2-14-8-9-18-16(10-14)11-19(26-18)20(24)22-12-17-13-25-21(23-17)15-6-4-3-5-7-15/h3-7,11,13-14H,2,8-10,12H2,1H3,(H,22,24). The fraction of sp³-hybridized carbons (Fsp3) is 0.333. The zero-order chi connectivity index (χ0) is 17.9. The number of aromatic nitrogens is 1. The van der Waals surface area contributed by atoms with Crippen LogP contribution in [-0.2, 0) is 19.4 Å². The molecule has 1 aliphatic rings. The first-order valence-corrected chi connectivity index (χ1v) is 10.8. The average Bonchev–Trinajstić information content (AvgIpc) is 3.33. The molecule has 3 aromatic rings. The molecule has 4 rings (SSSR count). The van der Waals surface area contributed by atoms with Gasteiger partial charge in [0.15, 0.2) is 0 Å². The summed E-state index contributed by atoms with van der Waals surface area (Å²) in [5.74, 6) is 0.797. The second kappa shape index (κ2) is 7.72. The van der Waals surface area contributed by atoms with Gasteiger partial charge in [-0.3, -0.25) is 4.79 Å². The molecule has 0 spiro atoms. The van der Waals surface area contributed by atoms with Crippen LogP contribution in [0.5, 0.6) is 0 Å². The summed E-state index contributed by atoms with van der Waals surface area (Å²) >= 11 is 3.28. The third-order valence-corrected chi connectivity index (χ3v) is 7.16. The molecule has 0 radical (unpaired) electrons. The maximum atomic E-state index is 12.5. The molecule has 1 aliphatic carbocycles. The van der Waals surface area contributed by atoms with Gasteiger partial charge in [0.1, 0.15) is 5.01 Å². The third-order valence-electron chi connectivity index (χ3n) is 4.99. The molecule has 0 aliphatic heterocycles. The van der Waals surface area contributed by atoms with Gasteiger partial charge in [-0.2, -0.15) is 0 Å². The maximum Gasteiger partial charge on any atom is 0.261 e. The zero-order valence-corrected chi connectivity index (χ0v) is 16.5. The highest BCUT2D eigenvalue weighted by molar-refractivity contribution is 7.14.